The first-order valence-electron chi connectivity index (χ1n) is 5.39. The minimum atomic E-state index is -3.24. The number of rotatable bonds is 6. The smallest absolute Gasteiger partial charge is 0.214 e. The van der Waals surface area contributed by atoms with Gasteiger partial charge in [-0.1, -0.05) is 6.92 Å². The first kappa shape index (κ1) is 12.9. The van der Waals surface area contributed by atoms with Crippen LogP contribution in [-0.4, -0.2) is 39.5 Å². The standard InChI is InChI=1S/C9H20N2O3S/c1-2-8(6-10)11-15(12,13)7-9-4-3-5-14-9/h8-9,11H,2-7,10H2,1H3. The van der Waals surface area contributed by atoms with Gasteiger partial charge < -0.3 is 10.5 Å². The molecule has 0 bridgehead atoms. The molecular formula is C9H20N2O3S. The zero-order valence-corrected chi connectivity index (χ0v) is 9.92. The van der Waals surface area contributed by atoms with E-state index in [1.54, 1.807) is 0 Å². The predicted molar refractivity (Wildman–Crippen MR) is 59.0 cm³/mol. The highest BCUT2D eigenvalue weighted by Crippen LogP contribution is 2.13. The third kappa shape index (κ3) is 4.46. The second-order valence-corrected chi connectivity index (χ2v) is 5.67. The average molecular weight is 236 g/mol. The Kier molecular flexibility index (Phi) is 4.98. The molecule has 90 valence electrons. The number of hydrogen-bond acceptors (Lipinski definition) is 4. The molecule has 6 heteroatoms. The molecule has 1 aliphatic heterocycles. The average Bonchev–Trinajstić information content (AvgIpc) is 2.66. The van der Waals surface area contributed by atoms with Crippen molar-refractivity contribution >= 4 is 10.0 Å². The Hall–Kier alpha value is -0.170. The van der Waals surface area contributed by atoms with Gasteiger partial charge in [-0.25, -0.2) is 13.1 Å². The molecule has 1 fully saturated rings. The van der Waals surface area contributed by atoms with Gasteiger partial charge in [-0.05, 0) is 19.3 Å². The summed E-state index contributed by atoms with van der Waals surface area (Å²) in [6.07, 6.45) is 2.35. The zero-order valence-electron chi connectivity index (χ0n) is 9.11. The highest BCUT2D eigenvalue weighted by molar-refractivity contribution is 7.89. The van der Waals surface area contributed by atoms with Crippen molar-refractivity contribution < 1.29 is 13.2 Å². The van der Waals surface area contributed by atoms with Crippen LogP contribution >= 0.6 is 0 Å². The molecule has 3 N–H and O–H groups in total. The molecule has 0 aliphatic carbocycles. The molecule has 2 atom stereocenters. The van der Waals surface area contributed by atoms with Crippen LogP contribution in [0.4, 0.5) is 0 Å². The van der Waals surface area contributed by atoms with Crippen LogP contribution in [0.1, 0.15) is 26.2 Å². The maximum absolute atomic E-state index is 11.7. The summed E-state index contributed by atoms with van der Waals surface area (Å²) in [5.74, 6) is 0.0590. The van der Waals surface area contributed by atoms with Crippen LogP contribution in [0, 0.1) is 0 Å². The van der Waals surface area contributed by atoms with Crippen LogP contribution in [0.2, 0.25) is 0 Å². The van der Waals surface area contributed by atoms with E-state index < -0.39 is 10.0 Å². The highest BCUT2D eigenvalue weighted by atomic mass is 32.2. The summed E-state index contributed by atoms with van der Waals surface area (Å²) in [4.78, 5) is 0. The lowest BCUT2D eigenvalue weighted by atomic mass is 10.2. The van der Waals surface area contributed by atoms with E-state index in [1.807, 2.05) is 6.92 Å². The van der Waals surface area contributed by atoms with Gasteiger partial charge in [-0.15, -0.1) is 0 Å². The minimum absolute atomic E-state index is 0.0590. The molecule has 0 aromatic carbocycles. The van der Waals surface area contributed by atoms with Gasteiger partial charge in [0.25, 0.3) is 0 Å². The molecule has 0 radical (unpaired) electrons. The Balaban J connectivity index is 2.43. The normalized spacial score (nSPS) is 24.3. The van der Waals surface area contributed by atoms with Crippen molar-refractivity contribution in [2.75, 3.05) is 18.9 Å². The van der Waals surface area contributed by atoms with Gasteiger partial charge in [-0.3, -0.25) is 0 Å². The molecule has 1 saturated heterocycles. The van der Waals surface area contributed by atoms with E-state index in [0.29, 0.717) is 19.6 Å². The van der Waals surface area contributed by atoms with Gasteiger partial charge in [0.15, 0.2) is 0 Å². The fraction of sp³-hybridized carbons (Fsp3) is 1.00. The monoisotopic (exact) mass is 236 g/mol. The lowest BCUT2D eigenvalue weighted by Gasteiger charge is -2.16. The maximum Gasteiger partial charge on any atom is 0.214 e. The molecule has 1 heterocycles. The van der Waals surface area contributed by atoms with Crippen molar-refractivity contribution in [3.8, 4) is 0 Å². The van der Waals surface area contributed by atoms with Crippen LogP contribution in [0.15, 0.2) is 0 Å². The molecule has 1 aliphatic rings. The van der Waals surface area contributed by atoms with Crippen molar-refractivity contribution in [1.29, 1.82) is 0 Å². The highest BCUT2D eigenvalue weighted by Gasteiger charge is 2.24. The summed E-state index contributed by atoms with van der Waals surface area (Å²) >= 11 is 0. The first-order chi connectivity index (χ1) is 7.07. The maximum atomic E-state index is 11.7. The molecule has 2 unspecified atom stereocenters. The summed E-state index contributed by atoms with van der Waals surface area (Å²) in [6.45, 7) is 2.92. The van der Waals surface area contributed by atoms with Crippen molar-refractivity contribution in [1.82, 2.24) is 4.72 Å². The Morgan fingerprint density at radius 1 is 1.60 bits per heavy atom. The second-order valence-electron chi connectivity index (χ2n) is 3.88. The van der Waals surface area contributed by atoms with Crippen LogP contribution in [0.5, 0.6) is 0 Å². The number of sulfonamides is 1. The quantitative estimate of drug-likeness (QED) is 0.670. The molecule has 15 heavy (non-hydrogen) atoms. The van der Waals surface area contributed by atoms with E-state index in [4.69, 9.17) is 10.5 Å². The van der Waals surface area contributed by atoms with Gasteiger partial charge in [0.05, 0.1) is 11.9 Å². The molecule has 0 spiro atoms. The van der Waals surface area contributed by atoms with Crippen LogP contribution in [0.25, 0.3) is 0 Å². The van der Waals surface area contributed by atoms with Crippen molar-refractivity contribution in [2.45, 2.75) is 38.3 Å². The number of nitrogens with one attached hydrogen (secondary N) is 1. The molecule has 0 aromatic rings. The lowest BCUT2D eigenvalue weighted by molar-refractivity contribution is 0.127. The second kappa shape index (κ2) is 5.79. The van der Waals surface area contributed by atoms with E-state index in [0.717, 1.165) is 12.8 Å². The Bertz CT molecular complexity index is 259. The van der Waals surface area contributed by atoms with Gasteiger partial charge in [-0.2, -0.15) is 0 Å². The molecule has 5 nitrogen and oxygen atoms in total. The summed E-state index contributed by atoms with van der Waals surface area (Å²) in [6, 6.07) is -0.156. The van der Waals surface area contributed by atoms with E-state index in [9.17, 15) is 8.42 Å². The van der Waals surface area contributed by atoms with Gasteiger partial charge in [0, 0.05) is 19.2 Å². The lowest BCUT2D eigenvalue weighted by Crippen LogP contribution is -2.42. The molecular weight excluding hydrogens is 216 g/mol. The fourth-order valence-corrected chi connectivity index (χ4v) is 3.24. The summed E-state index contributed by atoms with van der Waals surface area (Å²) in [5, 5.41) is 0. The van der Waals surface area contributed by atoms with Crippen molar-refractivity contribution in [3.05, 3.63) is 0 Å². The Labute approximate surface area is 91.4 Å². The van der Waals surface area contributed by atoms with Crippen molar-refractivity contribution in [3.63, 3.8) is 0 Å². The summed E-state index contributed by atoms with van der Waals surface area (Å²) in [5.41, 5.74) is 5.44. The van der Waals surface area contributed by atoms with Crippen LogP contribution < -0.4 is 10.5 Å². The molecule has 0 amide bonds. The first-order valence-corrected chi connectivity index (χ1v) is 7.04. The van der Waals surface area contributed by atoms with Gasteiger partial charge >= 0.3 is 0 Å². The topological polar surface area (TPSA) is 81.4 Å². The van der Waals surface area contributed by atoms with E-state index in [1.165, 1.54) is 0 Å². The van der Waals surface area contributed by atoms with Gasteiger partial charge in [0.1, 0.15) is 0 Å². The van der Waals surface area contributed by atoms with E-state index >= 15 is 0 Å². The van der Waals surface area contributed by atoms with E-state index in [-0.39, 0.29) is 17.9 Å². The largest absolute Gasteiger partial charge is 0.377 e. The zero-order chi connectivity index (χ0) is 11.3. The predicted octanol–water partition coefficient (Wildman–Crippen LogP) is -0.178. The van der Waals surface area contributed by atoms with Gasteiger partial charge in [0.2, 0.25) is 10.0 Å². The summed E-state index contributed by atoms with van der Waals surface area (Å²) in [7, 11) is -3.24. The number of hydrogen-bond donors (Lipinski definition) is 2. The fourth-order valence-electron chi connectivity index (χ4n) is 1.62. The molecule has 1 rings (SSSR count). The Morgan fingerprint density at radius 2 is 2.33 bits per heavy atom. The third-order valence-electron chi connectivity index (χ3n) is 2.55. The minimum Gasteiger partial charge on any atom is -0.377 e. The molecule has 0 aromatic heterocycles. The van der Waals surface area contributed by atoms with E-state index in [2.05, 4.69) is 4.72 Å². The third-order valence-corrected chi connectivity index (χ3v) is 4.06. The molecule has 0 saturated carbocycles. The van der Waals surface area contributed by atoms with Crippen LogP contribution in [-0.2, 0) is 14.8 Å². The summed E-state index contributed by atoms with van der Waals surface area (Å²) < 4.78 is 31.2. The van der Waals surface area contributed by atoms with Crippen LogP contribution in [0.3, 0.4) is 0 Å². The SMILES string of the molecule is CCC(CN)NS(=O)(=O)CC1CCCO1. The van der Waals surface area contributed by atoms with Crippen molar-refractivity contribution in [2.24, 2.45) is 5.73 Å². The number of ether oxygens (including phenoxy) is 1. The number of nitrogens with two attached hydrogens (primary N) is 1. The Morgan fingerprint density at radius 3 is 2.80 bits per heavy atom.